The normalized spacial score (nSPS) is 30.1. The van der Waals surface area contributed by atoms with Crippen molar-refractivity contribution in [2.75, 3.05) is 13.1 Å². The topological polar surface area (TPSA) is 89.4 Å². The van der Waals surface area contributed by atoms with Crippen molar-refractivity contribution in [1.82, 2.24) is 4.90 Å². The van der Waals surface area contributed by atoms with Crippen LogP contribution in [-0.4, -0.2) is 34.8 Å². The van der Waals surface area contributed by atoms with Gasteiger partial charge in [0, 0.05) is 13.1 Å². The number of amides is 2. The molecule has 6 heteroatoms. The van der Waals surface area contributed by atoms with Crippen molar-refractivity contribution in [3.63, 3.8) is 0 Å². The maximum atomic E-state index is 12.3. The first-order valence-electron chi connectivity index (χ1n) is 5.71. The molecule has 2 fully saturated rings. The van der Waals surface area contributed by atoms with Crippen molar-refractivity contribution in [3.05, 3.63) is 0 Å². The fourth-order valence-corrected chi connectivity index (χ4v) is 2.62. The van der Waals surface area contributed by atoms with E-state index in [-0.39, 0.29) is 16.8 Å². The van der Waals surface area contributed by atoms with Gasteiger partial charge in [-0.2, -0.15) is 0 Å². The minimum Gasteiger partial charge on any atom is -0.392 e. The Bertz CT molecular complexity index is 406. The second-order valence-corrected chi connectivity index (χ2v) is 5.79. The third kappa shape index (κ3) is 1.80. The van der Waals surface area contributed by atoms with Crippen molar-refractivity contribution < 1.29 is 9.59 Å². The van der Waals surface area contributed by atoms with E-state index in [0.29, 0.717) is 19.5 Å². The Morgan fingerprint density at radius 2 is 1.82 bits per heavy atom. The van der Waals surface area contributed by atoms with E-state index in [0.717, 1.165) is 12.8 Å². The minimum atomic E-state index is -0.627. The summed E-state index contributed by atoms with van der Waals surface area (Å²) >= 11 is 4.95. The van der Waals surface area contributed by atoms with Gasteiger partial charge in [-0.3, -0.25) is 9.59 Å². The molecule has 0 bridgehead atoms. The molecule has 4 N–H and O–H groups in total. The molecular formula is C11H17N3O2S. The van der Waals surface area contributed by atoms with Gasteiger partial charge in [-0.05, 0) is 26.2 Å². The molecule has 1 unspecified atom stereocenters. The van der Waals surface area contributed by atoms with Crippen molar-refractivity contribution in [2.24, 2.45) is 22.3 Å². The van der Waals surface area contributed by atoms with Gasteiger partial charge in [0.05, 0.1) is 15.8 Å². The van der Waals surface area contributed by atoms with Gasteiger partial charge in [-0.15, -0.1) is 0 Å². The summed E-state index contributed by atoms with van der Waals surface area (Å²) < 4.78 is 0. The number of hydrogen-bond donors (Lipinski definition) is 2. The SMILES string of the molecule is CC1(C(N)=O)CCN(C(=O)C2(C(N)=S)CC2)C1. The molecule has 0 aromatic rings. The maximum absolute atomic E-state index is 12.3. The highest BCUT2D eigenvalue weighted by Gasteiger charge is 2.56. The summed E-state index contributed by atoms with van der Waals surface area (Å²) in [6.45, 7) is 2.73. The lowest BCUT2D eigenvalue weighted by Crippen LogP contribution is -2.44. The molecule has 5 nitrogen and oxygen atoms in total. The first kappa shape index (κ1) is 12.3. The second-order valence-electron chi connectivity index (χ2n) is 5.35. The van der Waals surface area contributed by atoms with Gasteiger partial charge < -0.3 is 16.4 Å². The van der Waals surface area contributed by atoms with E-state index in [1.54, 1.807) is 11.8 Å². The predicted octanol–water partition coefficient (Wildman–Crippen LogP) is -0.223. The van der Waals surface area contributed by atoms with Gasteiger partial charge in [0.1, 0.15) is 0 Å². The second kappa shape index (κ2) is 3.66. The van der Waals surface area contributed by atoms with Crippen molar-refractivity contribution in [2.45, 2.75) is 26.2 Å². The fourth-order valence-electron chi connectivity index (χ4n) is 2.33. The number of carbonyl (C=O) groups is 2. The minimum absolute atomic E-state index is 0.0324. The number of primary amides is 1. The van der Waals surface area contributed by atoms with E-state index in [4.69, 9.17) is 23.7 Å². The first-order valence-corrected chi connectivity index (χ1v) is 6.12. The fraction of sp³-hybridized carbons (Fsp3) is 0.727. The van der Waals surface area contributed by atoms with Crippen LogP contribution in [0.5, 0.6) is 0 Å². The smallest absolute Gasteiger partial charge is 0.235 e. The molecule has 0 spiro atoms. The molecule has 0 aromatic carbocycles. The Morgan fingerprint density at radius 1 is 1.24 bits per heavy atom. The molecular weight excluding hydrogens is 238 g/mol. The van der Waals surface area contributed by atoms with Crippen LogP contribution in [-0.2, 0) is 9.59 Å². The predicted molar refractivity (Wildman–Crippen MR) is 67.0 cm³/mol. The number of nitrogens with zero attached hydrogens (tertiary/aromatic N) is 1. The Balaban J connectivity index is 2.10. The Kier molecular flexibility index (Phi) is 2.65. The summed E-state index contributed by atoms with van der Waals surface area (Å²) in [6.07, 6.45) is 2.07. The Hall–Kier alpha value is -1.17. The first-order chi connectivity index (χ1) is 7.82. The van der Waals surface area contributed by atoms with E-state index in [1.807, 2.05) is 0 Å². The molecule has 1 saturated carbocycles. The van der Waals surface area contributed by atoms with E-state index in [9.17, 15) is 9.59 Å². The Morgan fingerprint density at radius 3 is 2.18 bits per heavy atom. The number of carbonyl (C=O) groups excluding carboxylic acids is 2. The van der Waals surface area contributed by atoms with E-state index in [1.165, 1.54) is 0 Å². The summed E-state index contributed by atoms with van der Waals surface area (Å²) in [5.41, 5.74) is 9.74. The van der Waals surface area contributed by atoms with Gasteiger partial charge in [0.25, 0.3) is 0 Å². The molecule has 1 saturated heterocycles. The summed E-state index contributed by atoms with van der Waals surface area (Å²) in [5.74, 6) is -0.386. The van der Waals surface area contributed by atoms with Crippen LogP contribution in [0.3, 0.4) is 0 Å². The van der Waals surface area contributed by atoms with Crippen LogP contribution >= 0.6 is 12.2 Å². The zero-order chi connectivity index (χ0) is 12.8. The van der Waals surface area contributed by atoms with E-state index in [2.05, 4.69) is 0 Å². The van der Waals surface area contributed by atoms with Gasteiger partial charge in [0.2, 0.25) is 11.8 Å². The lowest BCUT2D eigenvalue weighted by atomic mass is 9.89. The molecule has 0 radical (unpaired) electrons. The summed E-state index contributed by atoms with van der Waals surface area (Å²) in [5, 5.41) is 0. The molecule has 1 heterocycles. The van der Waals surface area contributed by atoms with Crippen LogP contribution in [0, 0.1) is 10.8 Å². The highest BCUT2D eigenvalue weighted by Crippen LogP contribution is 2.48. The molecule has 1 atom stereocenters. The van der Waals surface area contributed by atoms with Gasteiger partial charge in [-0.1, -0.05) is 12.2 Å². The lowest BCUT2D eigenvalue weighted by molar-refractivity contribution is -0.134. The molecule has 2 aliphatic rings. The number of thiocarbonyl (C=S) groups is 1. The van der Waals surface area contributed by atoms with Gasteiger partial charge in [-0.25, -0.2) is 0 Å². The summed E-state index contributed by atoms with van der Waals surface area (Å²) in [7, 11) is 0. The zero-order valence-corrected chi connectivity index (χ0v) is 10.7. The largest absolute Gasteiger partial charge is 0.392 e. The van der Waals surface area contributed by atoms with Crippen LogP contribution in [0.25, 0.3) is 0 Å². The third-order valence-corrected chi connectivity index (χ3v) is 4.38. The Labute approximate surface area is 105 Å². The lowest BCUT2D eigenvalue weighted by Gasteiger charge is -2.24. The van der Waals surface area contributed by atoms with Crippen LogP contribution < -0.4 is 11.5 Å². The molecule has 17 heavy (non-hydrogen) atoms. The molecule has 0 aromatic heterocycles. The van der Waals surface area contributed by atoms with Crippen molar-refractivity contribution in [1.29, 1.82) is 0 Å². The summed E-state index contributed by atoms with van der Waals surface area (Å²) in [6, 6.07) is 0. The standard InChI is InChI=1S/C11H17N3O2S/c1-10(7(12)15)4-5-14(6-10)9(16)11(2-3-11)8(13)17/h2-6H2,1H3,(H2,12,15)(H2,13,17). The van der Waals surface area contributed by atoms with Crippen molar-refractivity contribution in [3.8, 4) is 0 Å². The highest BCUT2D eigenvalue weighted by atomic mass is 32.1. The molecule has 1 aliphatic carbocycles. The average molecular weight is 255 g/mol. The number of likely N-dealkylation sites (tertiary alicyclic amines) is 1. The number of nitrogens with two attached hydrogens (primary N) is 2. The monoisotopic (exact) mass is 255 g/mol. The molecule has 1 aliphatic heterocycles. The van der Waals surface area contributed by atoms with Crippen LogP contribution in [0.15, 0.2) is 0 Å². The summed E-state index contributed by atoms with van der Waals surface area (Å²) in [4.78, 5) is 25.6. The van der Waals surface area contributed by atoms with E-state index < -0.39 is 10.8 Å². The third-order valence-electron chi connectivity index (χ3n) is 3.99. The average Bonchev–Trinajstić information content (AvgIpc) is 2.96. The number of rotatable bonds is 3. The molecule has 2 amide bonds. The quantitative estimate of drug-likeness (QED) is 0.682. The van der Waals surface area contributed by atoms with Gasteiger partial charge in [0.15, 0.2) is 0 Å². The van der Waals surface area contributed by atoms with Crippen LogP contribution in [0.2, 0.25) is 0 Å². The number of hydrogen-bond acceptors (Lipinski definition) is 3. The van der Waals surface area contributed by atoms with Crippen LogP contribution in [0.4, 0.5) is 0 Å². The molecule has 94 valence electrons. The highest BCUT2D eigenvalue weighted by molar-refractivity contribution is 7.80. The van der Waals surface area contributed by atoms with Crippen LogP contribution in [0.1, 0.15) is 26.2 Å². The maximum Gasteiger partial charge on any atom is 0.235 e. The molecule has 2 rings (SSSR count). The zero-order valence-electron chi connectivity index (χ0n) is 9.86. The van der Waals surface area contributed by atoms with Gasteiger partial charge >= 0.3 is 0 Å². The van der Waals surface area contributed by atoms with Crippen molar-refractivity contribution >= 4 is 29.0 Å². The van der Waals surface area contributed by atoms with E-state index >= 15 is 0 Å².